The number of fused-ring (bicyclic) bond motifs is 1. The van der Waals surface area contributed by atoms with Crippen LogP contribution in [-0.4, -0.2) is 17.9 Å². The first-order valence-corrected chi connectivity index (χ1v) is 7.09. The van der Waals surface area contributed by atoms with Crippen LogP contribution in [0.5, 0.6) is 0 Å². The zero-order chi connectivity index (χ0) is 15.0. The molecule has 3 rings (SSSR count). The van der Waals surface area contributed by atoms with Gasteiger partial charge in [-0.15, -0.1) is 0 Å². The molecule has 0 saturated heterocycles. The van der Waals surface area contributed by atoms with Gasteiger partial charge in [0.2, 0.25) is 5.91 Å². The molecule has 1 aromatic carbocycles. The molecule has 0 unspecified atom stereocenters. The molecule has 0 aliphatic carbocycles. The predicted octanol–water partition coefficient (Wildman–Crippen LogP) is 2.95. The number of hydrogen-bond acceptors (Lipinski definition) is 3. The second kappa shape index (κ2) is 4.88. The molecule has 1 amide bonds. The fourth-order valence-electron chi connectivity index (χ4n) is 2.92. The molecule has 4 nitrogen and oxygen atoms in total. The van der Waals surface area contributed by atoms with Crippen molar-refractivity contribution in [1.82, 2.24) is 4.98 Å². The van der Waals surface area contributed by atoms with Gasteiger partial charge in [0.1, 0.15) is 5.82 Å². The number of nitrogens with zero attached hydrogens (tertiary/aromatic N) is 2. The average molecular weight is 281 g/mol. The van der Waals surface area contributed by atoms with E-state index >= 15 is 0 Å². The Hall–Kier alpha value is -2.36. The van der Waals surface area contributed by atoms with Crippen LogP contribution in [0.3, 0.4) is 0 Å². The van der Waals surface area contributed by atoms with Crippen molar-refractivity contribution in [2.75, 3.05) is 17.3 Å². The van der Waals surface area contributed by atoms with E-state index in [2.05, 4.69) is 10.3 Å². The van der Waals surface area contributed by atoms with Crippen LogP contribution < -0.4 is 10.2 Å². The summed E-state index contributed by atoms with van der Waals surface area (Å²) >= 11 is 0. The minimum absolute atomic E-state index is 0.134. The summed E-state index contributed by atoms with van der Waals surface area (Å²) in [5.41, 5.74) is 2.63. The summed E-state index contributed by atoms with van der Waals surface area (Å²) in [5, 5.41) is 3.08. The van der Waals surface area contributed by atoms with Crippen molar-refractivity contribution in [3.05, 3.63) is 53.7 Å². The van der Waals surface area contributed by atoms with E-state index in [1.165, 1.54) is 0 Å². The maximum Gasteiger partial charge on any atom is 0.237 e. The van der Waals surface area contributed by atoms with Gasteiger partial charge in [0.15, 0.2) is 0 Å². The maximum absolute atomic E-state index is 12.8. The number of benzene rings is 1. The molecular weight excluding hydrogens is 262 g/mol. The van der Waals surface area contributed by atoms with Crippen LogP contribution in [0.15, 0.2) is 42.6 Å². The zero-order valence-electron chi connectivity index (χ0n) is 12.6. The number of aromatic nitrogens is 1. The van der Waals surface area contributed by atoms with E-state index in [0.717, 1.165) is 22.6 Å². The number of carbonyl (C=O) groups is 1. The predicted molar refractivity (Wildman–Crippen MR) is 84.4 cm³/mol. The molecule has 0 fully saturated rings. The number of anilines is 2. The molecule has 0 bridgehead atoms. The van der Waals surface area contributed by atoms with Crippen molar-refractivity contribution in [3.8, 4) is 0 Å². The fourth-order valence-corrected chi connectivity index (χ4v) is 2.92. The molecule has 0 spiro atoms. The molecule has 21 heavy (non-hydrogen) atoms. The van der Waals surface area contributed by atoms with E-state index in [1.807, 2.05) is 62.2 Å². The first-order chi connectivity index (χ1) is 10.1. The molecule has 1 aliphatic rings. The maximum atomic E-state index is 12.8. The van der Waals surface area contributed by atoms with Crippen LogP contribution in [-0.2, 0) is 16.8 Å². The summed E-state index contributed by atoms with van der Waals surface area (Å²) in [6.07, 6.45) is 1.75. The van der Waals surface area contributed by atoms with Gasteiger partial charge in [-0.05, 0) is 31.5 Å². The fraction of sp³-hybridized carbons (Fsp3) is 0.294. The summed E-state index contributed by atoms with van der Waals surface area (Å²) in [6.45, 7) is 4.50. The van der Waals surface area contributed by atoms with Crippen LogP contribution in [0.4, 0.5) is 11.5 Å². The summed E-state index contributed by atoms with van der Waals surface area (Å²) < 4.78 is 0. The Labute approximate surface area is 124 Å². The molecule has 1 N–H and O–H groups in total. The first kappa shape index (κ1) is 13.6. The van der Waals surface area contributed by atoms with E-state index in [1.54, 1.807) is 6.20 Å². The first-order valence-electron chi connectivity index (χ1n) is 7.09. The number of amides is 1. The number of para-hydroxylation sites is 1. The van der Waals surface area contributed by atoms with Crippen molar-refractivity contribution in [3.63, 3.8) is 0 Å². The zero-order valence-corrected chi connectivity index (χ0v) is 12.6. The van der Waals surface area contributed by atoms with Crippen molar-refractivity contribution in [2.45, 2.75) is 25.8 Å². The quantitative estimate of drug-likeness (QED) is 0.940. The van der Waals surface area contributed by atoms with Crippen LogP contribution in [0.2, 0.25) is 0 Å². The number of rotatable bonds is 3. The Morgan fingerprint density at radius 2 is 1.95 bits per heavy atom. The highest BCUT2D eigenvalue weighted by molar-refractivity contribution is 6.07. The van der Waals surface area contributed by atoms with Crippen molar-refractivity contribution < 1.29 is 4.79 Å². The van der Waals surface area contributed by atoms with Crippen molar-refractivity contribution in [1.29, 1.82) is 0 Å². The Balaban J connectivity index is 2.02. The number of hydrogen-bond donors (Lipinski definition) is 1. The summed E-state index contributed by atoms with van der Waals surface area (Å²) in [4.78, 5) is 18.9. The lowest BCUT2D eigenvalue weighted by Crippen LogP contribution is -2.35. The number of nitrogens with one attached hydrogen (secondary N) is 1. The summed E-state index contributed by atoms with van der Waals surface area (Å²) in [5.74, 6) is 0.946. The van der Waals surface area contributed by atoms with Gasteiger partial charge >= 0.3 is 0 Å². The second-order valence-electron chi connectivity index (χ2n) is 5.79. The topological polar surface area (TPSA) is 45.2 Å². The summed E-state index contributed by atoms with van der Waals surface area (Å²) in [6, 6.07) is 11.9. The minimum atomic E-state index is -0.474. The van der Waals surface area contributed by atoms with Gasteiger partial charge in [-0.1, -0.05) is 24.3 Å². The van der Waals surface area contributed by atoms with Gasteiger partial charge in [-0.25, -0.2) is 4.98 Å². The van der Waals surface area contributed by atoms with E-state index in [-0.39, 0.29) is 5.91 Å². The van der Waals surface area contributed by atoms with E-state index < -0.39 is 5.41 Å². The molecule has 0 atom stereocenters. The minimum Gasteiger partial charge on any atom is -0.373 e. The molecule has 1 aliphatic heterocycles. The van der Waals surface area contributed by atoms with Gasteiger partial charge in [-0.3, -0.25) is 4.79 Å². The monoisotopic (exact) mass is 281 g/mol. The lowest BCUT2D eigenvalue weighted by atomic mass is 9.86. The number of pyridine rings is 1. The summed E-state index contributed by atoms with van der Waals surface area (Å²) in [7, 11) is 1.84. The second-order valence-corrected chi connectivity index (χ2v) is 5.79. The van der Waals surface area contributed by atoms with Gasteiger partial charge in [0.25, 0.3) is 0 Å². The van der Waals surface area contributed by atoms with Crippen molar-refractivity contribution >= 4 is 17.4 Å². The smallest absolute Gasteiger partial charge is 0.237 e. The standard InChI is InChI=1S/C17H19N3O/c1-17(2)13-8-4-5-9-14(13)20(16(17)21)11-12-7-6-10-19-15(12)18-3/h4-10H,11H2,1-3H3,(H,18,19). The van der Waals surface area contributed by atoms with Crippen LogP contribution >= 0.6 is 0 Å². The van der Waals surface area contributed by atoms with E-state index in [9.17, 15) is 4.79 Å². The SMILES string of the molecule is CNc1ncccc1CN1C(=O)C(C)(C)c2ccccc21. The van der Waals surface area contributed by atoms with Crippen LogP contribution in [0.25, 0.3) is 0 Å². The van der Waals surface area contributed by atoms with E-state index in [4.69, 9.17) is 0 Å². The Morgan fingerprint density at radius 1 is 1.19 bits per heavy atom. The van der Waals surface area contributed by atoms with Gasteiger partial charge in [0.05, 0.1) is 12.0 Å². The lowest BCUT2D eigenvalue weighted by molar-refractivity contribution is -0.122. The molecule has 0 saturated carbocycles. The molecule has 108 valence electrons. The Bertz CT molecular complexity index is 694. The Kier molecular flexibility index (Phi) is 3.16. The normalized spacial score (nSPS) is 16.0. The molecule has 0 radical (unpaired) electrons. The third kappa shape index (κ3) is 2.07. The van der Waals surface area contributed by atoms with Crippen LogP contribution in [0, 0.1) is 0 Å². The van der Waals surface area contributed by atoms with Gasteiger partial charge in [-0.2, -0.15) is 0 Å². The Morgan fingerprint density at radius 3 is 2.71 bits per heavy atom. The third-order valence-electron chi connectivity index (χ3n) is 4.10. The molecular formula is C17H19N3O. The lowest BCUT2D eigenvalue weighted by Gasteiger charge is -2.21. The third-order valence-corrected chi connectivity index (χ3v) is 4.10. The highest BCUT2D eigenvalue weighted by Gasteiger charge is 2.43. The van der Waals surface area contributed by atoms with Gasteiger partial charge in [0, 0.05) is 24.5 Å². The van der Waals surface area contributed by atoms with E-state index in [0.29, 0.717) is 6.54 Å². The molecule has 1 aromatic heterocycles. The largest absolute Gasteiger partial charge is 0.373 e. The number of carbonyl (C=O) groups excluding carboxylic acids is 1. The van der Waals surface area contributed by atoms with Crippen LogP contribution in [0.1, 0.15) is 25.0 Å². The van der Waals surface area contributed by atoms with Crippen molar-refractivity contribution in [2.24, 2.45) is 0 Å². The molecule has 2 heterocycles. The van der Waals surface area contributed by atoms with Gasteiger partial charge < -0.3 is 10.2 Å². The highest BCUT2D eigenvalue weighted by atomic mass is 16.2. The molecule has 2 aromatic rings. The highest BCUT2D eigenvalue weighted by Crippen LogP contribution is 2.42. The molecule has 4 heteroatoms. The average Bonchev–Trinajstić information content (AvgIpc) is 2.69.